The van der Waals surface area contributed by atoms with Crippen molar-refractivity contribution in [2.24, 2.45) is 0 Å². The molecule has 0 spiro atoms. The Hall–Kier alpha value is -0.770. The van der Waals surface area contributed by atoms with Crippen molar-refractivity contribution in [3.05, 3.63) is 0 Å². The highest BCUT2D eigenvalue weighted by atomic mass is 16.2. The van der Waals surface area contributed by atoms with Crippen molar-refractivity contribution in [2.75, 3.05) is 20.6 Å². The van der Waals surface area contributed by atoms with Gasteiger partial charge >= 0.3 is 6.03 Å². The molecule has 1 rings (SSSR count). The highest BCUT2D eigenvalue weighted by Crippen LogP contribution is 2.22. The Morgan fingerprint density at radius 2 is 1.94 bits per heavy atom. The summed E-state index contributed by atoms with van der Waals surface area (Å²) < 4.78 is 0. The Morgan fingerprint density at radius 1 is 1.31 bits per heavy atom. The Bertz CT molecular complexity index is 212. The molecule has 0 aliphatic heterocycles. The van der Waals surface area contributed by atoms with Crippen LogP contribution in [0.3, 0.4) is 0 Å². The van der Waals surface area contributed by atoms with E-state index in [2.05, 4.69) is 17.6 Å². The molecule has 2 amide bonds. The lowest BCUT2D eigenvalue weighted by Gasteiger charge is -2.34. The summed E-state index contributed by atoms with van der Waals surface area (Å²) in [5.41, 5.74) is 0. The second kappa shape index (κ2) is 6.74. The molecule has 1 aliphatic rings. The van der Waals surface area contributed by atoms with E-state index in [0.29, 0.717) is 12.1 Å². The molecule has 0 aromatic carbocycles. The molecule has 0 aromatic heterocycles. The van der Waals surface area contributed by atoms with E-state index in [1.807, 2.05) is 19.0 Å². The van der Waals surface area contributed by atoms with Crippen LogP contribution in [-0.2, 0) is 0 Å². The molecule has 1 saturated carbocycles. The van der Waals surface area contributed by atoms with E-state index in [4.69, 9.17) is 0 Å². The lowest BCUT2D eigenvalue weighted by Crippen LogP contribution is -2.46. The fraction of sp³-hybridized carbons (Fsp3) is 0.917. The molecule has 0 bridgehead atoms. The van der Waals surface area contributed by atoms with E-state index < -0.39 is 0 Å². The van der Waals surface area contributed by atoms with Gasteiger partial charge in [-0.3, -0.25) is 0 Å². The normalized spacial score (nSPS) is 25.2. The topological polar surface area (TPSA) is 44.4 Å². The number of hydrogen-bond donors (Lipinski definition) is 2. The largest absolute Gasteiger partial charge is 0.338 e. The Labute approximate surface area is 98.8 Å². The van der Waals surface area contributed by atoms with Crippen molar-refractivity contribution in [1.29, 1.82) is 0 Å². The molecule has 0 saturated heterocycles. The van der Waals surface area contributed by atoms with E-state index >= 15 is 0 Å². The molecule has 4 nitrogen and oxygen atoms in total. The molecule has 0 atom stereocenters. The van der Waals surface area contributed by atoms with Gasteiger partial charge in [-0.25, -0.2) is 4.79 Å². The van der Waals surface area contributed by atoms with Crippen LogP contribution in [-0.4, -0.2) is 43.7 Å². The standard InChI is InChI=1S/C12H25N3O/c1-4-9-14-12(16)15(3)11-7-5-10(13-2)6-8-11/h10-11,13H,4-9H2,1-3H3,(H,14,16). The van der Waals surface area contributed by atoms with Gasteiger partial charge in [0.1, 0.15) is 0 Å². The summed E-state index contributed by atoms with van der Waals surface area (Å²) in [4.78, 5) is 13.6. The third-order valence-corrected chi connectivity index (χ3v) is 3.50. The van der Waals surface area contributed by atoms with Gasteiger partial charge < -0.3 is 15.5 Å². The van der Waals surface area contributed by atoms with Gasteiger partial charge in [-0.1, -0.05) is 6.92 Å². The Morgan fingerprint density at radius 3 is 2.44 bits per heavy atom. The maximum Gasteiger partial charge on any atom is 0.317 e. The summed E-state index contributed by atoms with van der Waals surface area (Å²) in [5, 5.41) is 6.23. The van der Waals surface area contributed by atoms with Gasteiger partial charge in [0, 0.05) is 25.7 Å². The number of rotatable bonds is 4. The SMILES string of the molecule is CCCNC(=O)N(C)C1CCC(NC)CC1. The predicted octanol–water partition coefficient (Wildman–Crippen LogP) is 1.57. The first-order chi connectivity index (χ1) is 7.69. The van der Waals surface area contributed by atoms with Gasteiger partial charge in [0.15, 0.2) is 0 Å². The molecule has 0 radical (unpaired) electrons. The van der Waals surface area contributed by atoms with Crippen LogP contribution in [0.25, 0.3) is 0 Å². The average Bonchev–Trinajstić information content (AvgIpc) is 2.35. The summed E-state index contributed by atoms with van der Waals surface area (Å²) in [6.07, 6.45) is 5.56. The van der Waals surface area contributed by atoms with Crippen LogP contribution in [0.15, 0.2) is 0 Å². The van der Waals surface area contributed by atoms with Crippen LogP contribution in [0.5, 0.6) is 0 Å². The van der Waals surface area contributed by atoms with E-state index in [-0.39, 0.29) is 6.03 Å². The summed E-state index contributed by atoms with van der Waals surface area (Å²) in [6.45, 7) is 2.84. The minimum absolute atomic E-state index is 0.0785. The molecule has 0 unspecified atom stereocenters. The minimum Gasteiger partial charge on any atom is -0.338 e. The van der Waals surface area contributed by atoms with Crippen LogP contribution in [0, 0.1) is 0 Å². The van der Waals surface area contributed by atoms with Crippen molar-refractivity contribution in [1.82, 2.24) is 15.5 Å². The first-order valence-electron chi connectivity index (χ1n) is 6.37. The number of amides is 2. The molecule has 94 valence electrons. The van der Waals surface area contributed by atoms with E-state index in [9.17, 15) is 4.79 Å². The van der Waals surface area contributed by atoms with E-state index in [0.717, 1.165) is 25.8 Å². The number of nitrogens with zero attached hydrogens (tertiary/aromatic N) is 1. The fourth-order valence-corrected chi connectivity index (χ4v) is 2.27. The van der Waals surface area contributed by atoms with Gasteiger partial charge in [-0.15, -0.1) is 0 Å². The van der Waals surface area contributed by atoms with Crippen molar-refractivity contribution >= 4 is 6.03 Å². The van der Waals surface area contributed by atoms with Gasteiger partial charge in [-0.2, -0.15) is 0 Å². The molecule has 1 aliphatic carbocycles. The molecule has 16 heavy (non-hydrogen) atoms. The van der Waals surface area contributed by atoms with Crippen LogP contribution < -0.4 is 10.6 Å². The maximum atomic E-state index is 11.8. The third-order valence-electron chi connectivity index (χ3n) is 3.50. The van der Waals surface area contributed by atoms with Crippen molar-refractivity contribution < 1.29 is 4.79 Å². The molecular weight excluding hydrogens is 202 g/mol. The Kier molecular flexibility index (Phi) is 5.60. The maximum absolute atomic E-state index is 11.8. The minimum atomic E-state index is 0.0785. The third kappa shape index (κ3) is 3.67. The second-order valence-corrected chi connectivity index (χ2v) is 4.64. The summed E-state index contributed by atoms with van der Waals surface area (Å²) in [7, 11) is 3.93. The number of hydrogen-bond acceptors (Lipinski definition) is 2. The zero-order valence-electron chi connectivity index (χ0n) is 10.8. The monoisotopic (exact) mass is 227 g/mol. The van der Waals surface area contributed by atoms with Gasteiger partial charge in [-0.05, 0) is 39.2 Å². The highest BCUT2D eigenvalue weighted by Gasteiger charge is 2.25. The lowest BCUT2D eigenvalue weighted by atomic mass is 9.90. The van der Waals surface area contributed by atoms with Crippen molar-refractivity contribution in [2.45, 2.75) is 51.1 Å². The van der Waals surface area contributed by atoms with Gasteiger partial charge in [0.25, 0.3) is 0 Å². The summed E-state index contributed by atoms with van der Waals surface area (Å²) >= 11 is 0. The summed E-state index contributed by atoms with van der Waals surface area (Å²) in [5.74, 6) is 0. The van der Waals surface area contributed by atoms with E-state index in [1.165, 1.54) is 12.8 Å². The molecule has 4 heteroatoms. The van der Waals surface area contributed by atoms with Gasteiger partial charge in [0.05, 0.1) is 0 Å². The van der Waals surface area contributed by atoms with E-state index in [1.54, 1.807) is 0 Å². The quantitative estimate of drug-likeness (QED) is 0.765. The first-order valence-corrected chi connectivity index (χ1v) is 6.37. The van der Waals surface area contributed by atoms with Gasteiger partial charge in [0.2, 0.25) is 0 Å². The molecule has 2 N–H and O–H groups in total. The average molecular weight is 227 g/mol. The number of carbonyl (C=O) groups excluding carboxylic acids is 1. The molecule has 0 aromatic rings. The number of nitrogens with one attached hydrogen (secondary N) is 2. The Balaban J connectivity index is 2.32. The van der Waals surface area contributed by atoms with Crippen molar-refractivity contribution in [3.8, 4) is 0 Å². The number of carbonyl (C=O) groups is 1. The summed E-state index contributed by atoms with van der Waals surface area (Å²) in [6, 6.07) is 1.14. The zero-order valence-corrected chi connectivity index (χ0v) is 10.8. The number of urea groups is 1. The highest BCUT2D eigenvalue weighted by molar-refractivity contribution is 5.74. The lowest BCUT2D eigenvalue weighted by molar-refractivity contribution is 0.167. The van der Waals surface area contributed by atoms with Crippen LogP contribution in [0.2, 0.25) is 0 Å². The molecule has 1 fully saturated rings. The van der Waals surface area contributed by atoms with Crippen LogP contribution in [0.1, 0.15) is 39.0 Å². The first kappa shape index (κ1) is 13.3. The zero-order chi connectivity index (χ0) is 12.0. The van der Waals surface area contributed by atoms with Crippen molar-refractivity contribution in [3.63, 3.8) is 0 Å². The molecular formula is C12H25N3O. The van der Waals surface area contributed by atoms with Crippen LogP contribution >= 0.6 is 0 Å². The van der Waals surface area contributed by atoms with Crippen LogP contribution in [0.4, 0.5) is 4.79 Å². The molecule has 0 heterocycles. The second-order valence-electron chi connectivity index (χ2n) is 4.64. The fourth-order valence-electron chi connectivity index (χ4n) is 2.27. The predicted molar refractivity (Wildman–Crippen MR) is 66.6 cm³/mol. The smallest absolute Gasteiger partial charge is 0.317 e.